The number of rotatable bonds is 8. The Kier molecular flexibility index (Phi) is 6.84. The Labute approximate surface area is 171 Å². The fourth-order valence-electron chi connectivity index (χ4n) is 3.31. The Morgan fingerprint density at radius 1 is 1.41 bits per heavy atom. The summed E-state index contributed by atoms with van der Waals surface area (Å²) in [6.45, 7) is 1.92. The van der Waals surface area contributed by atoms with Crippen molar-refractivity contribution in [1.29, 1.82) is 0 Å². The molecule has 2 heterocycles. The molecule has 0 bridgehead atoms. The molecule has 1 fully saturated rings. The van der Waals surface area contributed by atoms with Crippen molar-refractivity contribution in [2.45, 2.75) is 12.8 Å². The van der Waals surface area contributed by atoms with Crippen molar-refractivity contribution in [2.75, 3.05) is 19.6 Å². The number of carbonyl (C=O) groups is 1. The first kappa shape index (κ1) is 20.8. The van der Waals surface area contributed by atoms with Crippen molar-refractivity contribution in [3.63, 3.8) is 0 Å². The molecule has 0 aliphatic carbocycles. The van der Waals surface area contributed by atoms with Crippen LogP contribution in [0.5, 0.6) is 0 Å². The normalized spacial score (nSPS) is 19.3. The average molecular weight is 421 g/mol. The molecule has 1 aliphatic heterocycles. The van der Waals surface area contributed by atoms with Crippen molar-refractivity contribution < 1.29 is 19.2 Å². The van der Waals surface area contributed by atoms with Crippen molar-refractivity contribution in [2.24, 2.45) is 16.9 Å². The zero-order valence-electron chi connectivity index (χ0n) is 15.5. The summed E-state index contributed by atoms with van der Waals surface area (Å²) in [5.41, 5.74) is 3.13. The Bertz CT molecular complexity index is 914. The van der Waals surface area contributed by atoms with Crippen molar-refractivity contribution >= 4 is 29.5 Å². The molecule has 154 valence electrons. The van der Waals surface area contributed by atoms with E-state index in [9.17, 15) is 14.9 Å². The molecule has 0 amide bonds. The second-order valence-electron chi connectivity index (χ2n) is 6.87. The quantitative estimate of drug-likeness (QED) is 0.259. The summed E-state index contributed by atoms with van der Waals surface area (Å²) < 4.78 is 5.63. The molecule has 2 atom stereocenters. The third kappa shape index (κ3) is 5.55. The van der Waals surface area contributed by atoms with Crippen LogP contribution in [-0.4, -0.2) is 41.8 Å². The van der Waals surface area contributed by atoms with Crippen LogP contribution in [0.3, 0.4) is 0 Å². The van der Waals surface area contributed by atoms with Crippen LogP contribution >= 0.6 is 11.6 Å². The molecule has 3 N–H and O–H groups in total. The molecule has 1 saturated heterocycles. The SMILES string of the molecule is O=C(O)[C@H]1CNC[C@@H](CCN/N=C/c2ccc(-c3ccc(Cl)cc3[N+](=O)[O-])o2)C1. The zero-order chi connectivity index (χ0) is 20.8. The maximum absolute atomic E-state index is 11.2. The first-order valence-electron chi connectivity index (χ1n) is 9.17. The van der Waals surface area contributed by atoms with E-state index >= 15 is 0 Å². The predicted molar refractivity (Wildman–Crippen MR) is 108 cm³/mol. The second kappa shape index (κ2) is 9.53. The number of carboxylic acids is 1. The molecule has 2 aromatic rings. The van der Waals surface area contributed by atoms with Gasteiger partial charge >= 0.3 is 5.97 Å². The minimum atomic E-state index is -0.761. The summed E-state index contributed by atoms with van der Waals surface area (Å²) in [5, 5.41) is 27.8. The van der Waals surface area contributed by atoms with Crippen molar-refractivity contribution in [1.82, 2.24) is 10.7 Å². The number of nitro groups is 1. The Balaban J connectivity index is 1.52. The summed E-state index contributed by atoms with van der Waals surface area (Å²) in [5.74, 6) is -0.0171. The average Bonchev–Trinajstić information content (AvgIpc) is 3.16. The van der Waals surface area contributed by atoms with Gasteiger partial charge in [-0.15, -0.1) is 0 Å². The van der Waals surface area contributed by atoms with Gasteiger partial charge in [-0.2, -0.15) is 5.10 Å². The van der Waals surface area contributed by atoms with E-state index in [0.29, 0.717) is 36.6 Å². The van der Waals surface area contributed by atoms with Crippen LogP contribution in [0, 0.1) is 22.0 Å². The first-order valence-corrected chi connectivity index (χ1v) is 9.55. The number of halogens is 1. The van der Waals surface area contributed by atoms with Crippen LogP contribution in [-0.2, 0) is 4.79 Å². The molecule has 29 heavy (non-hydrogen) atoms. The summed E-state index contributed by atoms with van der Waals surface area (Å²) >= 11 is 5.83. The third-order valence-corrected chi connectivity index (χ3v) is 5.02. The summed E-state index contributed by atoms with van der Waals surface area (Å²) in [7, 11) is 0. The molecule has 1 aromatic carbocycles. The van der Waals surface area contributed by atoms with E-state index < -0.39 is 10.9 Å². The van der Waals surface area contributed by atoms with E-state index in [2.05, 4.69) is 15.8 Å². The van der Waals surface area contributed by atoms with E-state index in [-0.39, 0.29) is 22.5 Å². The van der Waals surface area contributed by atoms with Crippen LogP contribution in [0.2, 0.25) is 5.02 Å². The number of hydrazone groups is 1. The largest absolute Gasteiger partial charge is 0.481 e. The number of benzene rings is 1. The molecular formula is C19H21ClN4O5. The molecule has 10 heteroatoms. The number of aliphatic carboxylic acids is 1. The topological polar surface area (TPSA) is 130 Å². The second-order valence-corrected chi connectivity index (χ2v) is 7.31. The van der Waals surface area contributed by atoms with Crippen molar-refractivity contribution in [3.8, 4) is 11.3 Å². The predicted octanol–water partition coefficient (Wildman–Crippen LogP) is 3.13. The number of hydrogen-bond acceptors (Lipinski definition) is 7. The lowest BCUT2D eigenvalue weighted by molar-refractivity contribution is -0.384. The van der Waals surface area contributed by atoms with Crippen LogP contribution in [0.4, 0.5) is 5.69 Å². The highest BCUT2D eigenvalue weighted by Gasteiger charge is 2.26. The number of nitro benzene ring substituents is 1. The number of hydrogen-bond donors (Lipinski definition) is 3. The van der Waals surface area contributed by atoms with Crippen LogP contribution in [0.15, 0.2) is 39.9 Å². The lowest BCUT2D eigenvalue weighted by Gasteiger charge is -2.27. The van der Waals surface area contributed by atoms with E-state index in [0.717, 1.165) is 13.0 Å². The standard InChI is InChI=1S/C19H21ClN4O5/c20-14-1-3-16(17(8-14)24(27)28)18-4-2-15(29-18)11-23-22-6-5-12-7-13(19(25)26)10-21-9-12/h1-4,8,11-13,21-22H,5-7,9-10H2,(H,25,26)/b23-11+/t12-,13+/m0/s1. The minimum absolute atomic E-state index is 0.130. The molecule has 0 radical (unpaired) electrons. The van der Waals surface area contributed by atoms with E-state index in [4.69, 9.17) is 21.1 Å². The molecule has 0 spiro atoms. The molecule has 1 aliphatic rings. The Morgan fingerprint density at radius 3 is 3.00 bits per heavy atom. The molecule has 1 aromatic heterocycles. The lowest BCUT2D eigenvalue weighted by Crippen LogP contribution is -2.40. The molecule has 0 saturated carbocycles. The summed E-state index contributed by atoms with van der Waals surface area (Å²) in [6, 6.07) is 7.69. The van der Waals surface area contributed by atoms with Crippen molar-refractivity contribution in [3.05, 3.63) is 51.2 Å². The van der Waals surface area contributed by atoms with Gasteiger partial charge in [0.2, 0.25) is 0 Å². The maximum atomic E-state index is 11.2. The van der Waals surface area contributed by atoms with E-state index in [1.54, 1.807) is 24.3 Å². The van der Waals surface area contributed by atoms with E-state index in [1.807, 2.05) is 0 Å². The Morgan fingerprint density at radius 2 is 2.24 bits per heavy atom. The van der Waals surface area contributed by atoms with Gasteiger partial charge in [-0.1, -0.05) is 11.6 Å². The third-order valence-electron chi connectivity index (χ3n) is 4.79. The van der Waals surface area contributed by atoms with Gasteiger partial charge in [0.1, 0.15) is 11.5 Å². The highest BCUT2D eigenvalue weighted by molar-refractivity contribution is 6.30. The first-order chi connectivity index (χ1) is 13.9. The maximum Gasteiger partial charge on any atom is 0.307 e. The molecule has 0 unspecified atom stereocenters. The number of furan rings is 1. The number of nitrogens with one attached hydrogen (secondary N) is 2. The van der Waals surface area contributed by atoms with Crippen LogP contribution in [0.25, 0.3) is 11.3 Å². The lowest BCUT2D eigenvalue weighted by atomic mass is 9.88. The van der Waals surface area contributed by atoms with Gasteiger partial charge in [0.25, 0.3) is 5.69 Å². The minimum Gasteiger partial charge on any atom is -0.481 e. The Hall–Kier alpha value is -2.91. The van der Waals surface area contributed by atoms with Gasteiger partial charge in [-0.05, 0) is 49.6 Å². The van der Waals surface area contributed by atoms with Gasteiger partial charge in [0.15, 0.2) is 0 Å². The van der Waals surface area contributed by atoms with Gasteiger partial charge in [-0.25, -0.2) is 0 Å². The molecular weight excluding hydrogens is 400 g/mol. The number of nitrogens with zero attached hydrogens (tertiary/aromatic N) is 2. The smallest absolute Gasteiger partial charge is 0.307 e. The summed E-state index contributed by atoms with van der Waals surface area (Å²) in [6.07, 6.45) is 2.95. The van der Waals surface area contributed by atoms with E-state index in [1.165, 1.54) is 12.3 Å². The number of carboxylic acid groups (broad SMARTS) is 1. The fraction of sp³-hybridized carbons (Fsp3) is 0.368. The summed E-state index contributed by atoms with van der Waals surface area (Å²) in [4.78, 5) is 21.8. The monoisotopic (exact) mass is 420 g/mol. The highest BCUT2D eigenvalue weighted by Crippen LogP contribution is 2.33. The fourth-order valence-corrected chi connectivity index (χ4v) is 3.48. The number of piperidine rings is 1. The van der Waals surface area contributed by atoms with Crippen LogP contribution < -0.4 is 10.7 Å². The molecule has 9 nitrogen and oxygen atoms in total. The highest BCUT2D eigenvalue weighted by atomic mass is 35.5. The zero-order valence-corrected chi connectivity index (χ0v) is 16.3. The van der Waals surface area contributed by atoms with Crippen LogP contribution in [0.1, 0.15) is 18.6 Å². The van der Waals surface area contributed by atoms with Gasteiger partial charge < -0.3 is 20.3 Å². The van der Waals surface area contributed by atoms with Gasteiger partial charge in [0.05, 0.1) is 22.6 Å². The van der Waals surface area contributed by atoms with Gasteiger partial charge in [-0.3, -0.25) is 14.9 Å². The molecule has 3 rings (SSSR count). The van der Waals surface area contributed by atoms with Gasteiger partial charge in [0, 0.05) is 24.2 Å².